The van der Waals surface area contributed by atoms with Gasteiger partial charge >= 0.3 is 0 Å². The van der Waals surface area contributed by atoms with Crippen LogP contribution < -0.4 is 0 Å². The maximum Gasteiger partial charge on any atom is 0.149 e. The molecule has 8 aromatic rings. The van der Waals surface area contributed by atoms with Crippen molar-refractivity contribution in [3.63, 3.8) is 0 Å². The van der Waals surface area contributed by atoms with Crippen molar-refractivity contribution in [1.29, 1.82) is 0 Å². The number of fused-ring (bicyclic) bond motifs is 1. The third-order valence-electron chi connectivity index (χ3n) is 11.5. The van der Waals surface area contributed by atoms with Gasteiger partial charge in [-0.25, -0.2) is 4.98 Å². The quantitative estimate of drug-likeness (QED) is 0.157. The molecule has 4 heteroatoms. The largest absolute Gasteiger partial charge is 0.507 e. The number of imidazole rings is 1. The molecule has 1 N–H and O–H groups in total. The fourth-order valence-corrected chi connectivity index (χ4v) is 7.83. The topological polar surface area (TPSA) is 50.9 Å². The Bertz CT molecular complexity index is 3680. The Morgan fingerprint density at radius 3 is 2.00 bits per heavy atom. The molecule has 0 radical (unpaired) electrons. The van der Waals surface area contributed by atoms with Gasteiger partial charge in [0, 0.05) is 36.6 Å². The molecule has 0 unspecified atom stereocenters. The van der Waals surface area contributed by atoms with Gasteiger partial charge < -0.3 is 5.11 Å². The number of aromatic hydroxyl groups is 1. The maximum absolute atomic E-state index is 12.4. The van der Waals surface area contributed by atoms with Crippen molar-refractivity contribution in [2.75, 3.05) is 0 Å². The van der Waals surface area contributed by atoms with Crippen molar-refractivity contribution in [2.24, 2.45) is 0 Å². The first kappa shape index (κ1) is 27.0. The standard InChI is InChI=1S/C59H63N3O/c1-36(2)41-23-26-53(50(32-41)40-17-14-13-15-18-40)62-54-20-16-19-48(55(54)61-57(62)51-34-43(37(3)4)33-49(38(5)6)56(51)63)44-29-45(31-47(30-44)59(10,11)12)52-35-42(27-28-60-52)39-21-24-46(25-22-39)58(7,8)9/h13-38,63H,1-12H3/i7D3,8D3,9D3,21D,22D,24D,25D,27D,28D,35D,36D. The molecule has 0 fully saturated rings. The molecule has 2 aromatic heterocycles. The summed E-state index contributed by atoms with van der Waals surface area (Å²) < 4.78 is 150. The van der Waals surface area contributed by atoms with Crippen molar-refractivity contribution < 1.29 is 28.4 Å². The number of aromatic nitrogens is 3. The van der Waals surface area contributed by atoms with Crippen LogP contribution in [0.4, 0.5) is 0 Å². The maximum atomic E-state index is 12.4. The number of para-hydroxylation sites is 1. The van der Waals surface area contributed by atoms with E-state index in [9.17, 15) is 9.22 Å². The lowest BCUT2D eigenvalue weighted by Crippen LogP contribution is -2.11. The Balaban J connectivity index is 1.46. The molecule has 0 amide bonds. The zero-order valence-corrected chi connectivity index (χ0v) is 37.2. The summed E-state index contributed by atoms with van der Waals surface area (Å²) in [5, 5.41) is 12.4. The van der Waals surface area contributed by atoms with Crippen LogP contribution in [0.25, 0.3) is 72.7 Å². The zero-order valence-electron chi connectivity index (χ0n) is 54.2. The third-order valence-corrected chi connectivity index (χ3v) is 11.5. The Morgan fingerprint density at radius 2 is 1.33 bits per heavy atom. The van der Waals surface area contributed by atoms with Crippen molar-refractivity contribution in [3.8, 4) is 67.5 Å². The number of hydrogen-bond acceptors (Lipinski definition) is 3. The van der Waals surface area contributed by atoms with E-state index in [4.69, 9.17) is 24.2 Å². The number of pyridine rings is 1. The number of benzene rings is 6. The van der Waals surface area contributed by atoms with Crippen LogP contribution in [0.5, 0.6) is 5.75 Å². The van der Waals surface area contributed by atoms with E-state index in [0.717, 1.165) is 39.1 Å². The zero-order chi connectivity index (χ0) is 59.5. The predicted molar refractivity (Wildman–Crippen MR) is 267 cm³/mol. The highest BCUT2D eigenvalue weighted by molar-refractivity contribution is 5.98. The van der Waals surface area contributed by atoms with E-state index in [1.165, 1.54) is 0 Å². The first-order valence-electron chi connectivity index (χ1n) is 29.7. The summed E-state index contributed by atoms with van der Waals surface area (Å²) in [7, 11) is 0. The van der Waals surface area contributed by atoms with E-state index >= 15 is 0 Å². The van der Waals surface area contributed by atoms with E-state index in [2.05, 4.69) is 18.8 Å². The molecule has 0 aliphatic carbocycles. The van der Waals surface area contributed by atoms with E-state index in [1.807, 2.05) is 138 Å². The average molecular weight is 847 g/mol. The van der Waals surface area contributed by atoms with Gasteiger partial charge in [-0.1, -0.05) is 168 Å². The fraction of sp³-hybridized carbons (Fsp3) is 0.288. The highest BCUT2D eigenvalue weighted by Crippen LogP contribution is 2.45. The molecule has 6 aromatic carbocycles. The summed E-state index contributed by atoms with van der Waals surface area (Å²) in [6, 6.07) is 24.6. The molecule has 4 nitrogen and oxygen atoms in total. The molecule has 0 saturated heterocycles. The van der Waals surface area contributed by atoms with Gasteiger partial charge in [0.2, 0.25) is 0 Å². The van der Waals surface area contributed by atoms with E-state index in [1.54, 1.807) is 12.1 Å². The molecule has 2 heterocycles. The second-order valence-corrected chi connectivity index (χ2v) is 18.1. The second kappa shape index (κ2) is 16.8. The lowest BCUT2D eigenvalue weighted by Gasteiger charge is -2.22. The van der Waals surface area contributed by atoms with E-state index in [-0.39, 0.29) is 28.8 Å². The highest BCUT2D eigenvalue weighted by Gasteiger charge is 2.26. The molecular formula is C59H63N3O. The molecule has 0 aliphatic rings. The Hall–Kier alpha value is -6.26. The van der Waals surface area contributed by atoms with Crippen LogP contribution >= 0.6 is 0 Å². The van der Waals surface area contributed by atoms with Gasteiger partial charge in [-0.15, -0.1) is 0 Å². The third kappa shape index (κ3) is 8.61. The highest BCUT2D eigenvalue weighted by atomic mass is 16.3. The summed E-state index contributed by atoms with van der Waals surface area (Å²) in [6.07, 6.45) is -0.736. The van der Waals surface area contributed by atoms with Crippen LogP contribution in [0.2, 0.25) is 0 Å². The van der Waals surface area contributed by atoms with Crippen molar-refractivity contribution in [1.82, 2.24) is 14.5 Å². The van der Waals surface area contributed by atoms with Gasteiger partial charge in [0.15, 0.2) is 0 Å². The molecule has 0 atom stereocenters. The van der Waals surface area contributed by atoms with Gasteiger partial charge in [0.25, 0.3) is 0 Å². The summed E-state index contributed by atoms with van der Waals surface area (Å²) in [5.41, 5.74) is 1.22. The monoisotopic (exact) mass is 847 g/mol. The van der Waals surface area contributed by atoms with Crippen LogP contribution in [0, 0.1) is 0 Å². The molecule has 0 aliphatic heterocycles. The molecule has 63 heavy (non-hydrogen) atoms. The SMILES string of the molecule is [2H]c1nc(-c2cc(-c3cccc4c3nc(-c3cc(C(C)C)cc(C(C)C)c3O)n4-c3ccc(C([2H])(C)C)cc3-c3ccccc3)cc(C(C)(C)C)c2)c([2H])c(-c2c([2H])c([2H])c(C(C([2H])([2H])[2H])(C([2H])([2H])[2H])C([2H])([2H])[2H])c([2H])c2[2H])c1[2H]. The van der Waals surface area contributed by atoms with E-state index < -0.39 is 96.4 Å². The number of phenolic OH excluding ortho intramolecular Hbond substituents is 1. The minimum Gasteiger partial charge on any atom is -0.507 e. The van der Waals surface area contributed by atoms with Crippen molar-refractivity contribution >= 4 is 11.0 Å². The lowest BCUT2D eigenvalue weighted by molar-refractivity contribution is 0.466. The second-order valence-electron chi connectivity index (χ2n) is 18.1. The number of nitrogens with zero attached hydrogens (tertiary/aromatic N) is 3. The van der Waals surface area contributed by atoms with Crippen molar-refractivity contribution in [2.45, 2.75) is 111 Å². The van der Waals surface area contributed by atoms with Crippen LogP contribution in [0.15, 0.2) is 139 Å². The molecule has 0 spiro atoms. The summed E-state index contributed by atoms with van der Waals surface area (Å²) in [5.74, 6) is -0.440. The number of rotatable bonds is 9. The molecular weight excluding hydrogens is 767 g/mol. The van der Waals surface area contributed by atoms with Gasteiger partial charge in [-0.3, -0.25) is 9.55 Å². The Labute approximate surface area is 399 Å². The van der Waals surface area contributed by atoms with Gasteiger partial charge in [0.05, 0.1) is 37.6 Å². The Morgan fingerprint density at radius 1 is 0.619 bits per heavy atom. The smallest absolute Gasteiger partial charge is 0.149 e. The minimum atomic E-state index is -3.93. The van der Waals surface area contributed by atoms with Crippen molar-refractivity contribution in [3.05, 3.63) is 167 Å². The minimum absolute atomic E-state index is 0.0613. The van der Waals surface area contributed by atoms with Gasteiger partial charge in [-0.2, -0.15) is 0 Å². The van der Waals surface area contributed by atoms with E-state index in [0.29, 0.717) is 33.5 Å². The average Bonchev–Trinajstić information content (AvgIpc) is 3.74. The fourth-order valence-electron chi connectivity index (χ4n) is 7.83. The van der Waals surface area contributed by atoms with Gasteiger partial charge in [0.1, 0.15) is 11.6 Å². The number of phenols is 1. The summed E-state index contributed by atoms with van der Waals surface area (Å²) in [4.78, 5) is 9.89. The normalized spacial score (nSPS) is 17.0. The molecule has 0 saturated carbocycles. The first-order valence-corrected chi connectivity index (χ1v) is 21.2. The molecule has 320 valence electrons. The molecule has 0 bridgehead atoms. The Kier molecular flexibility index (Phi) is 7.21. The first-order chi connectivity index (χ1) is 36.9. The van der Waals surface area contributed by atoms with Crippen LogP contribution in [0.1, 0.15) is 152 Å². The van der Waals surface area contributed by atoms with Gasteiger partial charge in [-0.05, 0) is 127 Å². The van der Waals surface area contributed by atoms with Crippen LogP contribution in [0.3, 0.4) is 0 Å². The van der Waals surface area contributed by atoms with Crippen LogP contribution in [-0.2, 0) is 10.8 Å². The number of hydrogen-bond donors (Lipinski definition) is 1. The summed E-state index contributed by atoms with van der Waals surface area (Å²) >= 11 is 0. The lowest BCUT2D eigenvalue weighted by atomic mass is 9.83. The van der Waals surface area contributed by atoms with Crippen LogP contribution in [-0.4, -0.2) is 19.6 Å². The summed E-state index contributed by atoms with van der Waals surface area (Å²) in [6.45, 7) is 6.00. The molecule has 8 rings (SSSR count). The predicted octanol–water partition coefficient (Wildman–Crippen LogP) is 16.4.